The van der Waals surface area contributed by atoms with Gasteiger partial charge in [-0.05, 0) is 32.9 Å². The summed E-state index contributed by atoms with van der Waals surface area (Å²) in [6.07, 6.45) is 0.710. The van der Waals surface area contributed by atoms with Gasteiger partial charge in [0.15, 0.2) is 5.82 Å². The number of hydrogen-bond acceptors (Lipinski definition) is 6. The van der Waals surface area contributed by atoms with Crippen LogP contribution in [-0.4, -0.2) is 34.0 Å². The van der Waals surface area contributed by atoms with Gasteiger partial charge in [0.25, 0.3) is 0 Å². The van der Waals surface area contributed by atoms with Gasteiger partial charge >= 0.3 is 13.4 Å². The first-order valence-corrected chi connectivity index (χ1v) is 5.26. The van der Waals surface area contributed by atoms with E-state index < -0.39 is 19.0 Å². The smallest absolute Gasteiger partial charge is 0.509 e. The quantitative estimate of drug-likeness (QED) is 0.689. The van der Waals surface area contributed by atoms with E-state index in [9.17, 15) is 4.79 Å². The number of pyridine rings is 1. The van der Waals surface area contributed by atoms with Crippen molar-refractivity contribution >= 4 is 19.2 Å². The summed E-state index contributed by atoms with van der Waals surface area (Å²) in [4.78, 5) is 15.4. The van der Waals surface area contributed by atoms with Crippen LogP contribution in [0.1, 0.15) is 20.8 Å². The Bertz CT molecular complexity index is 419. The second-order valence-electron chi connectivity index (χ2n) is 4.42. The van der Waals surface area contributed by atoms with Crippen molar-refractivity contribution in [2.45, 2.75) is 26.4 Å². The van der Waals surface area contributed by atoms with Gasteiger partial charge in [0, 0.05) is 6.20 Å². The fourth-order valence-corrected chi connectivity index (χ4v) is 1.09. The van der Waals surface area contributed by atoms with Gasteiger partial charge in [0.1, 0.15) is 11.4 Å². The molecule has 0 aliphatic carbocycles. The summed E-state index contributed by atoms with van der Waals surface area (Å²) in [6, 6.07) is 2.96. The van der Waals surface area contributed by atoms with E-state index in [4.69, 9.17) is 14.8 Å². The molecule has 0 aromatic carbocycles. The van der Waals surface area contributed by atoms with Crippen molar-refractivity contribution in [3.8, 4) is 5.75 Å². The maximum Gasteiger partial charge on any atom is 0.707 e. The third kappa shape index (κ3) is 5.02. The molecule has 0 aliphatic heterocycles. The molecule has 0 saturated heterocycles. The lowest BCUT2D eigenvalue weighted by molar-refractivity contribution is 0.0634. The Kier molecular flexibility index (Phi) is 4.52. The molecule has 98 valence electrons. The van der Waals surface area contributed by atoms with Crippen LogP contribution in [0.3, 0.4) is 0 Å². The molecule has 1 aromatic heterocycles. The minimum atomic E-state index is -1.99. The predicted octanol–water partition coefficient (Wildman–Crippen LogP) is 0.777. The van der Waals surface area contributed by atoms with Gasteiger partial charge < -0.3 is 19.4 Å². The van der Waals surface area contributed by atoms with Crippen LogP contribution in [0, 0.1) is 0 Å². The van der Waals surface area contributed by atoms with Crippen LogP contribution in [0.15, 0.2) is 18.3 Å². The summed E-state index contributed by atoms with van der Waals surface area (Å²) in [5.41, 5.74) is -0.642. The molecule has 1 aromatic rings. The van der Waals surface area contributed by atoms with E-state index in [-0.39, 0.29) is 11.6 Å². The second kappa shape index (κ2) is 5.70. The molecule has 0 unspecified atom stereocenters. The standard InChI is InChI=1S/C10H15BN2O5/c1-10(2,3)17-9(14)13-8-7(18-11(15)16)5-4-6-12-8/h4-6,15-16H,1-3H3,(H,12,13,14). The zero-order valence-electron chi connectivity index (χ0n) is 10.4. The van der Waals surface area contributed by atoms with Crippen LogP contribution in [0.4, 0.5) is 10.6 Å². The van der Waals surface area contributed by atoms with Crippen molar-refractivity contribution in [2.24, 2.45) is 0 Å². The van der Waals surface area contributed by atoms with Crippen molar-refractivity contribution in [3.05, 3.63) is 18.3 Å². The molecular weight excluding hydrogens is 239 g/mol. The molecule has 0 bridgehead atoms. The average molecular weight is 254 g/mol. The summed E-state index contributed by atoms with van der Waals surface area (Å²) in [6.45, 7) is 5.17. The monoisotopic (exact) mass is 254 g/mol. The molecule has 1 heterocycles. The Morgan fingerprint density at radius 1 is 1.44 bits per heavy atom. The van der Waals surface area contributed by atoms with Gasteiger partial charge in [-0.1, -0.05) is 0 Å². The van der Waals surface area contributed by atoms with Crippen molar-refractivity contribution in [1.29, 1.82) is 0 Å². The number of rotatable bonds is 3. The maximum atomic E-state index is 11.5. The van der Waals surface area contributed by atoms with Crippen LogP contribution in [0.5, 0.6) is 5.75 Å². The Labute approximate surface area is 105 Å². The highest BCUT2D eigenvalue weighted by Crippen LogP contribution is 2.21. The molecule has 0 spiro atoms. The lowest BCUT2D eigenvalue weighted by Gasteiger charge is -2.20. The molecule has 1 amide bonds. The summed E-state index contributed by atoms with van der Waals surface area (Å²) in [5, 5.41) is 19.8. The SMILES string of the molecule is CC(C)(C)OC(=O)Nc1ncccc1OB(O)O. The first-order chi connectivity index (χ1) is 8.28. The Morgan fingerprint density at radius 2 is 2.11 bits per heavy atom. The number of hydrogen-bond donors (Lipinski definition) is 3. The van der Waals surface area contributed by atoms with E-state index in [2.05, 4.69) is 15.0 Å². The lowest BCUT2D eigenvalue weighted by Crippen LogP contribution is -2.28. The van der Waals surface area contributed by atoms with Crippen molar-refractivity contribution in [1.82, 2.24) is 4.98 Å². The minimum absolute atomic E-state index is 0.0263. The number of nitrogens with one attached hydrogen (secondary N) is 1. The van der Waals surface area contributed by atoms with Crippen LogP contribution in [0.2, 0.25) is 0 Å². The number of amides is 1. The van der Waals surface area contributed by atoms with E-state index in [1.165, 1.54) is 18.3 Å². The lowest BCUT2D eigenvalue weighted by atomic mass is 10.2. The van der Waals surface area contributed by atoms with Gasteiger partial charge in [-0.15, -0.1) is 0 Å². The highest BCUT2D eigenvalue weighted by molar-refractivity contribution is 6.34. The van der Waals surface area contributed by atoms with Crippen LogP contribution in [-0.2, 0) is 4.74 Å². The number of carbonyl (C=O) groups excluding carboxylic acids is 1. The van der Waals surface area contributed by atoms with Crippen molar-refractivity contribution in [3.63, 3.8) is 0 Å². The molecule has 8 heteroatoms. The zero-order valence-corrected chi connectivity index (χ0v) is 10.4. The van der Waals surface area contributed by atoms with Gasteiger partial charge in [-0.25, -0.2) is 9.78 Å². The normalized spacial score (nSPS) is 10.7. The van der Waals surface area contributed by atoms with E-state index >= 15 is 0 Å². The summed E-state index contributed by atoms with van der Waals surface area (Å²) in [7, 11) is -1.99. The molecule has 1 rings (SSSR count). The average Bonchev–Trinajstić information content (AvgIpc) is 2.17. The summed E-state index contributed by atoms with van der Waals surface area (Å²) < 4.78 is 9.69. The van der Waals surface area contributed by atoms with E-state index in [1.54, 1.807) is 20.8 Å². The maximum absolute atomic E-state index is 11.5. The van der Waals surface area contributed by atoms with E-state index in [1.807, 2.05) is 0 Å². The molecule has 0 fully saturated rings. The first-order valence-electron chi connectivity index (χ1n) is 5.26. The van der Waals surface area contributed by atoms with Gasteiger partial charge in [0.05, 0.1) is 0 Å². The van der Waals surface area contributed by atoms with Crippen LogP contribution < -0.4 is 9.97 Å². The molecule has 0 saturated carbocycles. The molecule has 3 N–H and O–H groups in total. The molecule has 7 nitrogen and oxygen atoms in total. The molecule has 0 radical (unpaired) electrons. The summed E-state index contributed by atoms with van der Waals surface area (Å²) in [5.74, 6) is 0.0678. The fraction of sp³-hybridized carbons (Fsp3) is 0.400. The number of anilines is 1. The molecular formula is C10H15BN2O5. The number of carbonyl (C=O) groups is 1. The van der Waals surface area contributed by atoms with Crippen molar-refractivity contribution < 1.29 is 24.2 Å². The first kappa shape index (κ1) is 14.3. The van der Waals surface area contributed by atoms with E-state index in [0.29, 0.717) is 0 Å². The topological polar surface area (TPSA) is 101 Å². The highest BCUT2D eigenvalue weighted by Gasteiger charge is 2.20. The second-order valence-corrected chi connectivity index (χ2v) is 4.42. The van der Waals surface area contributed by atoms with Crippen LogP contribution in [0.25, 0.3) is 0 Å². The minimum Gasteiger partial charge on any atom is -0.509 e. The number of aromatic nitrogens is 1. The molecule has 18 heavy (non-hydrogen) atoms. The number of ether oxygens (including phenoxy) is 1. The molecule has 0 atom stereocenters. The third-order valence-electron chi connectivity index (χ3n) is 1.62. The predicted molar refractivity (Wildman–Crippen MR) is 64.9 cm³/mol. The van der Waals surface area contributed by atoms with Gasteiger partial charge in [-0.3, -0.25) is 5.32 Å². The third-order valence-corrected chi connectivity index (χ3v) is 1.62. The highest BCUT2D eigenvalue weighted by atomic mass is 16.6. The fourth-order valence-electron chi connectivity index (χ4n) is 1.09. The Balaban J connectivity index is 2.75. The Hall–Kier alpha value is -1.80. The van der Waals surface area contributed by atoms with Crippen LogP contribution >= 0.6 is 0 Å². The van der Waals surface area contributed by atoms with Crippen molar-refractivity contribution in [2.75, 3.05) is 5.32 Å². The molecule has 0 aliphatic rings. The number of nitrogens with zero attached hydrogens (tertiary/aromatic N) is 1. The van der Waals surface area contributed by atoms with E-state index in [0.717, 1.165) is 0 Å². The van der Waals surface area contributed by atoms with Gasteiger partial charge in [-0.2, -0.15) is 0 Å². The zero-order chi connectivity index (χ0) is 13.8. The Morgan fingerprint density at radius 3 is 2.67 bits per heavy atom. The van der Waals surface area contributed by atoms with Gasteiger partial charge in [0.2, 0.25) is 0 Å². The summed E-state index contributed by atoms with van der Waals surface area (Å²) >= 11 is 0. The largest absolute Gasteiger partial charge is 0.707 e.